The zero-order valence-corrected chi connectivity index (χ0v) is 14.3. The van der Waals surface area contributed by atoms with Crippen molar-refractivity contribution in [3.63, 3.8) is 0 Å². The average molecular weight is 371 g/mol. The Bertz CT molecular complexity index is 552. The fourth-order valence-electron chi connectivity index (χ4n) is 3.29. The summed E-state index contributed by atoms with van der Waals surface area (Å²) in [5, 5.41) is 3.00. The molecule has 1 aliphatic heterocycles. The van der Waals surface area contributed by atoms with Crippen molar-refractivity contribution in [2.45, 2.75) is 44.1 Å². The number of hydrogen-bond donors (Lipinski definition) is 1. The molecule has 1 saturated heterocycles. The van der Waals surface area contributed by atoms with Gasteiger partial charge in [0.05, 0.1) is 3.79 Å². The maximum absolute atomic E-state index is 12.8. The van der Waals surface area contributed by atoms with Crippen LogP contribution >= 0.6 is 27.3 Å². The molecule has 21 heavy (non-hydrogen) atoms. The molecule has 1 saturated carbocycles. The molecule has 0 aromatic carbocycles. The fourth-order valence-corrected chi connectivity index (χ4v) is 4.76. The van der Waals surface area contributed by atoms with Crippen LogP contribution in [0.3, 0.4) is 0 Å². The first-order chi connectivity index (χ1) is 10.1. The second-order valence-electron chi connectivity index (χ2n) is 5.84. The highest BCUT2D eigenvalue weighted by molar-refractivity contribution is 9.11. The van der Waals surface area contributed by atoms with Crippen molar-refractivity contribution in [1.82, 2.24) is 10.2 Å². The third-order valence-electron chi connectivity index (χ3n) is 4.40. The van der Waals surface area contributed by atoms with Gasteiger partial charge in [-0.05, 0) is 47.3 Å². The molecule has 4 nitrogen and oxygen atoms in total. The third-order valence-corrected chi connectivity index (χ3v) is 6.08. The van der Waals surface area contributed by atoms with Crippen LogP contribution in [0.5, 0.6) is 0 Å². The van der Waals surface area contributed by atoms with Gasteiger partial charge in [-0.3, -0.25) is 9.59 Å². The number of nitrogens with one attached hydrogen (secondary N) is 1. The van der Waals surface area contributed by atoms with Crippen molar-refractivity contribution in [3.8, 4) is 0 Å². The Balaban J connectivity index is 1.71. The van der Waals surface area contributed by atoms with Crippen molar-refractivity contribution >= 4 is 39.1 Å². The zero-order valence-electron chi connectivity index (χ0n) is 11.9. The van der Waals surface area contributed by atoms with E-state index in [0.29, 0.717) is 19.5 Å². The standard InChI is InChI=1S/C15H19BrN2O2S/c16-12-4-3-11(21-12)5-9-18-10-6-13(19)17-15(14(18)20)7-1-2-8-15/h3-4H,1-2,5-10H2,(H,17,19). The van der Waals surface area contributed by atoms with Gasteiger partial charge in [0.25, 0.3) is 0 Å². The molecule has 114 valence electrons. The van der Waals surface area contributed by atoms with Crippen LogP contribution < -0.4 is 5.32 Å². The first-order valence-electron chi connectivity index (χ1n) is 7.44. The molecule has 0 bridgehead atoms. The van der Waals surface area contributed by atoms with Gasteiger partial charge in [-0.25, -0.2) is 0 Å². The van der Waals surface area contributed by atoms with E-state index in [2.05, 4.69) is 27.3 Å². The Hall–Kier alpha value is -0.880. The summed E-state index contributed by atoms with van der Waals surface area (Å²) in [7, 11) is 0. The molecule has 1 aliphatic carbocycles. The van der Waals surface area contributed by atoms with Crippen LogP contribution in [0.4, 0.5) is 0 Å². The SMILES string of the molecule is O=C1CCN(CCc2ccc(Br)s2)C(=O)C2(CCCC2)N1. The minimum Gasteiger partial charge on any atom is -0.342 e. The van der Waals surface area contributed by atoms with E-state index >= 15 is 0 Å². The van der Waals surface area contributed by atoms with Crippen LogP contribution in [-0.2, 0) is 16.0 Å². The summed E-state index contributed by atoms with van der Waals surface area (Å²) in [4.78, 5) is 27.9. The van der Waals surface area contributed by atoms with Gasteiger partial charge >= 0.3 is 0 Å². The first kappa shape index (κ1) is 15.0. The summed E-state index contributed by atoms with van der Waals surface area (Å²) in [6.45, 7) is 1.24. The lowest BCUT2D eigenvalue weighted by molar-refractivity contribution is -0.138. The molecule has 3 rings (SSSR count). The number of rotatable bonds is 3. The number of thiophene rings is 1. The van der Waals surface area contributed by atoms with Crippen molar-refractivity contribution < 1.29 is 9.59 Å². The van der Waals surface area contributed by atoms with Gasteiger partial charge in [0.15, 0.2) is 0 Å². The molecular weight excluding hydrogens is 352 g/mol. The lowest BCUT2D eigenvalue weighted by Gasteiger charge is -2.31. The monoisotopic (exact) mass is 370 g/mol. The Labute approximate surface area is 137 Å². The van der Waals surface area contributed by atoms with Crippen molar-refractivity contribution in [1.29, 1.82) is 0 Å². The van der Waals surface area contributed by atoms with Crippen molar-refractivity contribution in [3.05, 3.63) is 20.8 Å². The molecule has 0 atom stereocenters. The molecular formula is C15H19BrN2O2S. The van der Waals surface area contributed by atoms with Crippen LogP contribution in [0.15, 0.2) is 15.9 Å². The molecule has 1 spiro atoms. The molecule has 0 radical (unpaired) electrons. The van der Waals surface area contributed by atoms with Gasteiger partial charge in [-0.15, -0.1) is 11.3 Å². The molecule has 2 heterocycles. The van der Waals surface area contributed by atoms with Crippen molar-refractivity contribution in [2.75, 3.05) is 13.1 Å². The van der Waals surface area contributed by atoms with E-state index in [0.717, 1.165) is 35.9 Å². The molecule has 2 fully saturated rings. The first-order valence-corrected chi connectivity index (χ1v) is 9.05. The Morgan fingerprint density at radius 1 is 1.29 bits per heavy atom. The molecule has 2 amide bonds. The Kier molecular flexibility index (Phi) is 4.36. The van der Waals surface area contributed by atoms with Gasteiger partial charge in [0.2, 0.25) is 11.8 Å². The molecule has 6 heteroatoms. The number of nitrogens with zero attached hydrogens (tertiary/aromatic N) is 1. The van der Waals surface area contributed by atoms with Gasteiger partial charge in [0.1, 0.15) is 5.54 Å². The molecule has 1 N–H and O–H groups in total. The largest absolute Gasteiger partial charge is 0.342 e. The zero-order chi connectivity index (χ0) is 14.9. The van der Waals surface area contributed by atoms with Crippen LogP contribution in [0.1, 0.15) is 37.0 Å². The Morgan fingerprint density at radius 3 is 2.71 bits per heavy atom. The number of amides is 2. The predicted molar refractivity (Wildman–Crippen MR) is 86.3 cm³/mol. The van der Waals surface area contributed by atoms with Crippen LogP contribution in [0.2, 0.25) is 0 Å². The van der Waals surface area contributed by atoms with E-state index in [-0.39, 0.29) is 11.8 Å². The smallest absolute Gasteiger partial charge is 0.248 e. The molecule has 1 aromatic rings. The molecule has 2 aliphatic rings. The van der Waals surface area contributed by atoms with Crippen LogP contribution in [0, 0.1) is 0 Å². The average Bonchev–Trinajstić information content (AvgIpc) is 3.05. The van der Waals surface area contributed by atoms with Gasteiger partial charge in [-0.2, -0.15) is 0 Å². The lowest BCUT2D eigenvalue weighted by atomic mass is 9.96. The maximum Gasteiger partial charge on any atom is 0.248 e. The van der Waals surface area contributed by atoms with E-state index in [1.54, 1.807) is 11.3 Å². The normalized spacial score (nSPS) is 21.7. The van der Waals surface area contributed by atoms with E-state index in [1.165, 1.54) is 4.88 Å². The van der Waals surface area contributed by atoms with E-state index in [9.17, 15) is 9.59 Å². The minimum absolute atomic E-state index is 0.0200. The summed E-state index contributed by atoms with van der Waals surface area (Å²) < 4.78 is 1.11. The highest BCUT2D eigenvalue weighted by Gasteiger charge is 2.46. The Morgan fingerprint density at radius 2 is 2.05 bits per heavy atom. The highest BCUT2D eigenvalue weighted by Crippen LogP contribution is 2.33. The highest BCUT2D eigenvalue weighted by atomic mass is 79.9. The van der Waals surface area contributed by atoms with E-state index < -0.39 is 5.54 Å². The summed E-state index contributed by atoms with van der Waals surface area (Å²) in [5.41, 5.74) is -0.608. The number of halogens is 1. The quantitative estimate of drug-likeness (QED) is 0.888. The van der Waals surface area contributed by atoms with Gasteiger partial charge < -0.3 is 10.2 Å². The second kappa shape index (κ2) is 6.08. The third kappa shape index (κ3) is 3.16. The fraction of sp³-hybridized carbons (Fsp3) is 0.600. The topological polar surface area (TPSA) is 49.4 Å². The lowest BCUT2D eigenvalue weighted by Crippen LogP contribution is -2.55. The molecule has 0 unspecified atom stereocenters. The van der Waals surface area contributed by atoms with Gasteiger partial charge in [-0.1, -0.05) is 12.8 Å². The van der Waals surface area contributed by atoms with Crippen LogP contribution in [0.25, 0.3) is 0 Å². The van der Waals surface area contributed by atoms with Crippen LogP contribution in [-0.4, -0.2) is 35.3 Å². The maximum atomic E-state index is 12.8. The van der Waals surface area contributed by atoms with E-state index in [4.69, 9.17) is 0 Å². The summed E-state index contributed by atoms with van der Waals surface area (Å²) in [6, 6.07) is 4.12. The van der Waals surface area contributed by atoms with E-state index in [1.807, 2.05) is 11.0 Å². The summed E-state index contributed by atoms with van der Waals surface area (Å²) in [6.07, 6.45) is 4.90. The van der Waals surface area contributed by atoms with Gasteiger partial charge in [0, 0.05) is 24.4 Å². The minimum atomic E-state index is -0.608. The predicted octanol–water partition coefficient (Wildman–Crippen LogP) is 2.71. The number of carbonyl (C=O) groups is 2. The second-order valence-corrected chi connectivity index (χ2v) is 8.38. The molecule has 1 aromatic heterocycles. The summed E-state index contributed by atoms with van der Waals surface area (Å²) in [5.74, 6) is 0.146. The summed E-state index contributed by atoms with van der Waals surface area (Å²) >= 11 is 5.17. The number of hydrogen-bond acceptors (Lipinski definition) is 3. The number of carbonyl (C=O) groups excluding carboxylic acids is 2. The van der Waals surface area contributed by atoms with Crippen molar-refractivity contribution in [2.24, 2.45) is 0 Å².